The Kier molecular flexibility index (Phi) is 7.22. The minimum Gasteiger partial charge on any atom is -0.312 e. The molecular weight excluding hydrogens is 450 g/mol. The fraction of sp³-hybridized carbons (Fsp3) is 0.240. The molecule has 0 bridgehead atoms. The van der Waals surface area contributed by atoms with Crippen LogP contribution in [0.5, 0.6) is 0 Å². The Bertz CT molecular complexity index is 1210. The molecule has 9 heteroatoms. The van der Waals surface area contributed by atoms with Gasteiger partial charge >= 0.3 is 0 Å². The van der Waals surface area contributed by atoms with E-state index in [4.69, 9.17) is 0 Å². The summed E-state index contributed by atoms with van der Waals surface area (Å²) in [5.41, 5.74) is 9.23. The van der Waals surface area contributed by atoms with Crippen LogP contribution in [-0.4, -0.2) is 34.2 Å². The second kappa shape index (κ2) is 10.5. The zero-order chi connectivity index (χ0) is 24.1. The molecule has 0 radical (unpaired) electrons. The Hall–Kier alpha value is -3.72. The zero-order valence-electron chi connectivity index (χ0n) is 19.0. The summed E-state index contributed by atoms with van der Waals surface area (Å²) in [6.45, 7) is 4.53. The molecule has 3 aromatic rings. The molecule has 1 aliphatic rings. The Morgan fingerprint density at radius 1 is 0.941 bits per heavy atom. The van der Waals surface area contributed by atoms with Gasteiger partial charge in [-0.25, -0.2) is 9.97 Å². The number of benzene rings is 2. The molecule has 1 saturated heterocycles. The molecule has 2 N–H and O–H groups in total. The molecule has 1 aliphatic heterocycles. The van der Waals surface area contributed by atoms with E-state index in [9.17, 15) is 14.4 Å². The van der Waals surface area contributed by atoms with Gasteiger partial charge in [-0.3, -0.25) is 25.2 Å². The first kappa shape index (κ1) is 23.4. The van der Waals surface area contributed by atoms with Crippen LogP contribution in [0.3, 0.4) is 0 Å². The van der Waals surface area contributed by atoms with Crippen molar-refractivity contribution in [1.82, 2.24) is 20.8 Å². The second-order valence-corrected chi connectivity index (χ2v) is 8.97. The topological polar surface area (TPSA) is 104 Å². The number of nitrogens with one attached hydrogen (secondary N) is 2. The Morgan fingerprint density at radius 3 is 2.26 bits per heavy atom. The normalized spacial score (nSPS) is 13.1. The van der Waals surface area contributed by atoms with Crippen molar-refractivity contribution >= 4 is 35.2 Å². The molecule has 3 amide bonds. The number of hydrogen-bond donors (Lipinski definition) is 2. The van der Waals surface area contributed by atoms with Crippen molar-refractivity contribution in [3.63, 3.8) is 0 Å². The van der Waals surface area contributed by atoms with Crippen molar-refractivity contribution in [2.45, 2.75) is 37.6 Å². The molecule has 2 aromatic carbocycles. The third-order valence-corrected chi connectivity index (χ3v) is 6.25. The largest absolute Gasteiger partial charge is 0.312 e. The maximum absolute atomic E-state index is 12.5. The number of aryl methyl sites for hydroxylation is 2. The van der Waals surface area contributed by atoms with Crippen molar-refractivity contribution in [2.24, 2.45) is 0 Å². The SMILES string of the molecule is Cc1cc(C)nc(SCc2ccc(C(=O)NNC(=O)c3cccc(N4CCCC4=O)c3)cc2)n1. The van der Waals surface area contributed by atoms with Crippen LogP contribution in [0.1, 0.15) is 50.5 Å². The lowest BCUT2D eigenvalue weighted by molar-refractivity contribution is -0.117. The van der Waals surface area contributed by atoms with Crippen molar-refractivity contribution in [3.05, 3.63) is 82.7 Å². The number of thioether (sulfide) groups is 1. The summed E-state index contributed by atoms with van der Waals surface area (Å²) >= 11 is 1.53. The quantitative estimate of drug-likeness (QED) is 0.321. The zero-order valence-corrected chi connectivity index (χ0v) is 19.8. The maximum Gasteiger partial charge on any atom is 0.269 e. The highest BCUT2D eigenvalue weighted by Gasteiger charge is 2.22. The molecule has 34 heavy (non-hydrogen) atoms. The van der Waals surface area contributed by atoms with Crippen LogP contribution < -0.4 is 15.8 Å². The van der Waals surface area contributed by atoms with Crippen molar-refractivity contribution < 1.29 is 14.4 Å². The smallest absolute Gasteiger partial charge is 0.269 e. The van der Waals surface area contributed by atoms with Crippen molar-refractivity contribution in [3.8, 4) is 0 Å². The van der Waals surface area contributed by atoms with E-state index in [1.165, 1.54) is 11.8 Å². The molecule has 0 spiro atoms. The number of rotatable bonds is 6. The van der Waals surface area contributed by atoms with E-state index >= 15 is 0 Å². The van der Waals surface area contributed by atoms with Crippen LogP contribution in [0.2, 0.25) is 0 Å². The standard InChI is InChI=1S/C25H25N5O3S/c1-16-13-17(2)27-25(26-16)34-15-18-8-10-19(11-9-18)23(32)28-29-24(33)20-5-3-6-21(14-20)30-12-4-7-22(30)31/h3,5-6,8-11,13-14H,4,7,12,15H2,1-2H3,(H,28,32)(H,29,33). The number of aromatic nitrogens is 2. The Morgan fingerprint density at radius 2 is 1.62 bits per heavy atom. The first-order chi connectivity index (χ1) is 16.4. The van der Waals surface area contributed by atoms with Crippen LogP contribution in [0.25, 0.3) is 0 Å². The molecule has 2 heterocycles. The molecule has 174 valence electrons. The molecule has 1 fully saturated rings. The highest BCUT2D eigenvalue weighted by atomic mass is 32.2. The molecule has 0 unspecified atom stereocenters. The van der Waals surface area contributed by atoms with Crippen molar-refractivity contribution in [1.29, 1.82) is 0 Å². The molecule has 0 saturated carbocycles. The van der Waals surface area contributed by atoms with E-state index in [1.807, 2.05) is 32.0 Å². The summed E-state index contributed by atoms with van der Waals surface area (Å²) < 4.78 is 0. The number of carbonyl (C=O) groups excluding carboxylic acids is 3. The van der Waals surface area contributed by atoms with Crippen molar-refractivity contribution in [2.75, 3.05) is 11.4 Å². The third-order valence-electron chi connectivity index (χ3n) is 5.33. The van der Waals surface area contributed by atoms with Crippen LogP contribution in [0.4, 0.5) is 5.69 Å². The number of nitrogens with zero attached hydrogens (tertiary/aromatic N) is 3. The van der Waals surface area contributed by atoms with Gasteiger partial charge in [-0.1, -0.05) is 30.0 Å². The maximum atomic E-state index is 12.5. The molecule has 0 atom stereocenters. The summed E-state index contributed by atoms with van der Waals surface area (Å²) in [5, 5.41) is 0.722. The van der Waals surface area contributed by atoms with Gasteiger partial charge in [0.2, 0.25) is 5.91 Å². The minimum absolute atomic E-state index is 0.0502. The van der Waals surface area contributed by atoms with Gasteiger partial charge in [0.25, 0.3) is 11.8 Å². The average Bonchev–Trinajstić information content (AvgIpc) is 3.26. The lowest BCUT2D eigenvalue weighted by Crippen LogP contribution is -2.41. The monoisotopic (exact) mass is 475 g/mol. The summed E-state index contributed by atoms with van der Waals surface area (Å²) in [6, 6.07) is 15.9. The van der Waals surface area contributed by atoms with Gasteiger partial charge in [-0.05, 0) is 62.2 Å². The predicted octanol–water partition coefficient (Wildman–Crippen LogP) is 3.59. The lowest BCUT2D eigenvalue weighted by Gasteiger charge is -2.16. The van der Waals surface area contributed by atoms with Gasteiger partial charge < -0.3 is 4.90 Å². The summed E-state index contributed by atoms with van der Waals surface area (Å²) in [4.78, 5) is 47.4. The number of amides is 3. The first-order valence-corrected chi connectivity index (χ1v) is 11.9. The minimum atomic E-state index is -0.455. The second-order valence-electron chi connectivity index (χ2n) is 8.03. The Balaban J connectivity index is 1.30. The van der Waals surface area contributed by atoms with Crippen LogP contribution in [0.15, 0.2) is 59.8 Å². The fourth-order valence-corrected chi connectivity index (χ4v) is 4.56. The van der Waals surface area contributed by atoms with E-state index in [0.29, 0.717) is 35.5 Å². The van der Waals surface area contributed by atoms with Gasteiger partial charge in [-0.2, -0.15) is 0 Å². The molecule has 4 rings (SSSR count). The van der Waals surface area contributed by atoms with E-state index in [1.54, 1.807) is 41.3 Å². The number of hydrazine groups is 1. The highest BCUT2D eigenvalue weighted by Crippen LogP contribution is 2.22. The number of carbonyl (C=O) groups is 3. The number of anilines is 1. The van der Waals surface area contributed by atoms with Gasteiger partial charge in [0.15, 0.2) is 5.16 Å². The van der Waals surface area contributed by atoms with Crippen LogP contribution in [0, 0.1) is 13.8 Å². The first-order valence-electron chi connectivity index (χ1n) is 10.9. The van der Waals surface area contributed by atoms with E-state index < -0.39 is 11.8 Å². The predicted molar refractivity (Wildman–Crippen MR) is 130 cm³/mol. The van der Waals surface area contributed by atoms with E-state index in [2.05, 4.69) is 20.8 Å². The highest BCUT2D eigenvalue weighted by molar-refractivity contribution is 7.98. The van der Waals surface area contributed by atoms with Crippen LogP contribution in [-0.2, 0) is 10.5 Å². The number of hydrogen-bond acceptors (Lipinski definition) is 6. The Labute approximate surface area is 202 Å². The lowest BCUT2D eigenvalue weighted by atomic mass is 10.1. The summed E-state index contributed by atoms with van der Waals surface area (Å²) in [7, 11) is 0. The van der Waals surface area contributed by atoms with Gasteiger partial charge in [0.05, 0.1) is 0 Å². The fourth-order valence-electron chi connectivity index (χ4n) is 3.65. The van der Waals surface area contributed by atoms with E-state index in [-0.39, 0.29) is 5.91 Å². The van der Waals surface area contributed by atoms with Gasteiger partial charge in [0.1, 0.15) is 0 Å². The van der Waals surface area contributed by atoms with Gasteiger partial charge in [-0.15, -0.1) is 0 Å². The van der Waals surface area contributed by atoms with Crippen LogP contribution >= 0.6 is 11.8 Å². The molecule has 1 aromatic heterocycles. The third kappa shape index (κ3) is 5.79. The van der Waals surface area contributed by atoms with Gasteiger partial charge in [0, 0.05) is 46.9 Å². The molecule has 0 aliphatic carbocycles. The molecular formula is C25H25N5O3S. The summed E-state index contributed by atoms with van der Waals surface area (Å²) in [6.07, 6.45) is 1.32. The average molecular weight is 476 g/mol. The summed E-state index contributed by atoms with van der Waals surface area (Å²) in [5.74, 6) is -0.147. The van der Waals surface area contributed by atoms with E-state index in [0.717, 1.165) is 28.5 Å². The molecule has 8 nitrogen and oxygen atoms in total.